The summed E-state index contributed by atoms with van der Waals surface area (Å²) in [6.45, 7) is 8.12. The van der Waals surface area contributed by atoms with E-state index in [0.29, 0.717) is 10.8 Å². The molecule has 1 aliphatic rings. The quantitative estimate of drug-likeness (QED) is 0.726. The van der Waals surface area contributed by atoms with Crippen molar-refractivity contribution in [3.8, 4) is 0 Å². The Morgan fingerprint density at radius 2 is 2.33 bits per heavy atom. The topological polar surface area (TPSA) is 12.0 Å². The van der Waals surface area contributed by atoms with Gasteiger partial charge in [0, 0.05) is 10.8 Å². The van der Waals surface area contributed by atoms with Crippen LogP contribution in [0, 0.1) is 0 Å². The first-order chi connectivity index (χ1) is 5.69. The van der Waals surface area contributed by atoms with Gasteiger partial charge in [-0.2, -0.15) is 11.8 Å². The molecule has 0 aromatic heterocycles. The predicted molar refractivity (Wildman–Crippen MR) is 57.9 cm³/mol. The van der Waals surface area contributed by atoms with Crippen LogP contribution in [0.2, 0.25) is 0 Å². The third-order valence-corrected chi connectivity index (χ3v) is 4.58. The number of rotatable bonds is 4. The summed E-state index contributed by atoms with van der Waals surface area (Å²) in [6.07, 6.45) is 4.03. The van der Waals surface area contributed by atoms with E-state index < -0.39 is 0 Å². The molecule has 1 heterocycles. The van der Waals surface area contributed by atoms with Crippen molar-refractivity contribution in [1.29, 1.82) is 0 Å². The highest BCUT2D eigenvalue weighted by molar-refractivity contribution is 8.00. The lowest BCUT2D eigenvalue weighted by atomic mass is 9.97. The second-order valence-corrected chi connectivity index (χ2v) is 5.57. The van der Waals surface area contributed by atoms with E-state index in [1.807, 2.05) is 0 Å². The summed E-state index contributed by atoms with van der Waals surface area (Å²) in [5.41, 5.74) is 0. The molecule has 1 aliphatic heterocycles. The molecule has 1 nitrogen and oxygen atoms in total. The molecule has 0 aliphatic carbocycles. The maximum atomic E-state index is 3.59. The normalized spacial score (nSPS) is 32.2. The van der Waals surface area contributed by atoms with Crippen LogP contribution in [0.25, 0.3) is 0 Å². The van der Waals surface area contributed by atoms with E-state index in [0.717, 1.165) is 6.54 Å². The molecule has 1 rings (SSSR count). The summed E-state index contributed by atoms with van der Waals surface area (Å²) < 4.78 is 0.509. The summed E-state index contributed by atoms with van der Waals surface area (Å²) in [5.74, 6) is 1.36. The Balaban J connectivity index is 2.33. The molecule has 2 unspecified atom stereocenters. The zero-order chi connectivity index (χ0) is 9.03. The van der Waals surface area contributed by atoms with Crippen LogP contribution in [0.3, 0.4) is 0 Å². The Morgan fingerprint density at radius 3 is 2.83 bits per heavy atom. The minimum atomic E-state index is 0.509. The van der Waals surface area contributed by atoms with E-state index in [2.05, 4.69) is 37.8 Å². The fourth-order valence-electron chi connectivity index (χ4n) is 1.72. The summed E-state index contributed by atoms with van der Waals surface area (Å²) in [5, 5.41) is 3.59. The van der Waals surface area contributed by atoms with Gasteiger partial charge in [-0.3, -0.25) is 0 Å². The molecule has 2 heteroatoms. The fourth-order valence-corrected chi connectivity index (χ4v) is 3.10. The molecule has 1 fully saturated rings. The Kier molecular flexibility index (Phi) is 3.91. The summed E-state index contributed by atoms with van der Waals surface area (Å²) in [6, 6.07) is 0.671. The Morgan fingerprint density at radius 1 is 1.58 bits per heavy atom. The zero-order valence-corrected chi connectivity index (χ0v) is 9.34. The molecule has 0 aromatic rings. The van der Waals surface area contributed by atoms with E-state index in [4.69, 9.17) is 0 Å². The van der Waals surface area contributed by atoms with Crippen molar-refractivity contribution in [3.05, 3.63) is 0 Å². The van der Waals surface area contributed by atoms with Gasteiger partial charge in [0.2, 0.25) is 0 Å². The first-order valence-electron chi connectivity index (χ1n) is 5.06. The Hall–Kier alpha value is 0.310. The second kappa shape index (κ2) is 4.52. The van der Waals surface area contributed by atoms with E-state index in [-0.39, 0.29) is 0 Å². The van der Waals surface area contributed by atoms with E-state index in [1.54, 1.807) is 0 Å². The maximum absolute atomic E-state index is 3.59. The molecule has 1 N–H and O–H groups in total. The van der Waals surface area contributed by atoms with Crippen LogP contribution in [0.15, 0.2) is 0 Å². The van der Waals surface area contributed by atoms with Crippen molar-refractivity contribution in [2.75, 3.05) is 12.3 Å². The van der Waals surface area contributed by atoms with Crippen LogP contribution in [-0.4, -0.2) is 23.1 Å². The van der Waals surface area contributed by atoms with Gasteiger partial charge in [-0.25, -0.2) is 0 Å². The highest BCUT2D eigenvalue weighted by Crippen LogP contribution is 2.40. The van der Waals surface area contributed by atoms with Gasteiger partial charge in [-0.15, -0.1) is 0 Å². The first kappa shape index (κ1) is 10.4. The average Bonchev–Trinajstić information content (AvgIpc) is 2.49. The minimum Gasteiger partial charge on any atom is -0.313 e. The molecule has 0 radical (unpaired) electrons. The highest BCUT2D eigenvalue weighted by Gasteiger charge is 2.34. The van der Waals surface area contributed by atoms with Crippen LogP contribution >= 0.6 is 11.8 Å². The van der Waals surface area contributed by atoms with Gasteiger partial charge in [0.05, 0.1) is 0 Å². The average molecular weight is 187 g/mol. The van der Waals surface area contributed by atoms with Crippen molar-refractivity contribution in [2.24, 2.45) is 0 Å². The van der Waals surface area contributed by atoms with Crippen LogP contribution in [0.1, 0.15) is 40.0 Å². The molecule has 1 saturated heterocycles. The van der Waals surface area contributed by atoms with Gasteiger partial charge in [0.15, 0.2) is 0 Å². The minimum absolute atomic E-state index is 0.509. The molecule has 2 atom stereocenters. The van der Waals surface area contributed by atoms with Crippen molar-refractivity contribution in [2.45, 2.75) is 50.8 Å². The van der Waals surface area contributed by atoms with Crippen molar-refractivity contribution in [1.82, 2.24) is 5.32 Å². The third-order valence-electron chi connectivity index (χ3n) is 2.87. The largest absolute Gasteiger partial charge is 0.313 e. The molecule has 0 aromatic carbocycles. The molecule has 0 spiro atoms. The third kappa shape index (κ3) is 2.40. The summed E-state index contributed by atoms with van der Waals surface area (Å²) in [7, 11) is 0. The lowest BCUT2D eigenvalue weighted by Gasteiger charge is -2.31. The molecule has 0 bridgehead atoms. The van der Waals surface area contributed by atoms with Crippen LogP contribution < -0.4 is 5.32 Å². The van der Waals surface area contributed by atoms with Crippen molar-refractivity contribution < 1.29 is 0 Å². The monoisotopic (exact) mass is 187 g/mol. The zero-order valence-electron chi connectivity index (χ0n) is 8.52. The van der Waals surface area contributed by atoms with Crippen LogP contribution in [0.5, 0.6) is 0 Å². The van der Waals surface area contributed by atoms with Gasteiger partial charge in [0.1, 0.15) is 0 Å². The van der Waals surface area contributed by atoms with Crippen molar-refractivity contribution in [3.63, 3.8) is 0 Å². The van der Waals surface area contributed by atoms with Gasteiger partial charge >= 0.3 is 0 Å². The van der Waals surface area contributed by atoms with Gasteiger partial charge < -0.3 is 5.32 Å². The number of hydrogen-bond donors (Lipinski definition) is 1. The first-order valence-corrected chi connectivity index (χ1v) is 6.05. The van der Waals surface area contributed by atoms with E-state index in [1.165, 1.54) is 25.0 Å². The fraction of sp³-hybridized carbons (Fsp3) is 1.00. The molecule has 0 amide bonds. The summed E-state index contributed by atoms with van der Waals surface area (Å²) >= 11 is 2.14. The van der Waals surface area contributed by atoms with Crippen LogP contribution in [0.4, 0.5) is 0 Å². The highest BCUT2D eigenvalue weighted by atomic mass is 32.2. The van der Waals surface area contributed by atoms with Gasteiger partial charge in [-0.05, 0) is 45.4 Å². The van der Waals surface area contributed by atoms with Gasteiger partial charge in [0.25, 0.3) is 0 Å². The predicted octanol–water partition coefficient (Wildman–Crippen LogP) is 2.66. The van der Waals surface area contributed by atoms with Gasteiger partial charge in [-0.1, -0.05) is 6.92 Å². The summed E-state index contributed by atoms with van der Waals surface area (Å²) in [4.78, 5) is 0. The number of hydrogen-bond acceptors (Lipinski definition) is 2. The number of thioether (sulfide) groups is 1. The molecular weight excluding hydrogens is 166 g/mol. The van der Waals surface area contributed by atoms with E-state index in [9.17, 15) is 0 Å². The lowest BCUT2D eigenvalue weighted by Crippen LogP contribution is -2.43. The maximum Gasteiger partial charge on any atom is 0.0282 e. The Labute approximate surface area is 80.7 Å². The molecule has 0 saturated carbocycles. The standard InChI is InChI=1S/C10H21NS/c1-4-7-11-9(2)10(3)6-5-8-12-10/h9,11H,4-8H2,1-3H3. The van der Waals surface area contributed by atoms with Crippen LogP contribution in [-0.2, 0) is 0 Å². The van der Waals surface area contributed by atoms with E-state index >= 15 is 0 Å². The number of nitrogens with one attached hydrogen (secondary N) is 1. The lowest BCUT2D eigenvalue weighted by molar-refractivity contribution is 0.427. The molecular formula is C10H21NS. The smallest absolute Gasteiger partial charge is 0.0282 e. The SMILES string of the molecule is CCCNC(C)C1(C)CCCS1. The molecule has 72 valence electrons. The van der Waals surface area contributed by atoms with Crippen molar-refractivity contribution >= 4 is 11.8 Å². The Bertz CT molecular complexity index is 130. The molecule has 12 heavy (non-hydrogen) atoms. The second-order valence-electron chi connectivity index (χ2n) is 3.94.